The van der Waals surface area contributed by atoms with Gasteiger partial charge in [0.05, 0.1) is 29.9 Å². The van der Waals surface area contributed by atoms with Crippen LogP contribution < -0.4 is 10.6 Å². The van der Waals surface area contributed by atoms with Gasteiger partial charge >= 0.3 is 0 Å². The summed E-state index contributed by atoms with van der Waals surface area (Å²) in [7, 11) is 1.75. The maximum Gasteiger partial charge on any atom is 0.258 e. The number of para-hydroxylation sites is 1. The van der Waals surface area contributed by atoms with Crippen molar-refractivity contribution in [1.82, 2.24) is 14.8 Å². The molecule has 0 fully saturated rings. The largest absolute Gasteiger partial charge is 0.393 e. The summed E-state index contributed by atoms with van der Waals surface area (Å²) in [5.74, 6) is -1.09. The first-order chi connectivity index (χ1) is 31.0. The lowest BCUT2D eigenvalue weighted by Gasteiger charge is -2.21. The Morgan fingerprint density at radius 2 is 1.34 bits per heavy atom. The average Bonchev–Trinajstić information content (AvgIpc) is 3.63. The van der Waals surface area contributed by atoms with E-state index >= 15 is 0 Å². The zero-order valence-electron chi connectivity index (χ0n) is 39.0. The molecule has 0 radical (unpaired) electrons. The Bertz CT molecular complexity index is 2000. The van der Waals surface area contributed by atoms with Gasteiger partial charge in [-0.2, -0.15) is 0 Å². The highest BCUT2D eigenvalue weighted by Crippen LogP contribution is 2.42. The lowest BCUT2D eigenvalue weighted by Crippen LogP contribution is -2.37. The first-order valence-corrected chi connectivity index (χ1v) is 24.0. The third kappa shape index (κ3) is 17.5. The molecule has 9 nitrogen and oxygen atoms in total. The molecule has 10 heteroatoms. The first kappa shape index (κ1) is 51.6. The number of nitrogens with one attached hydrogen (secondary N) is 2. The number of likely N-dealkylation sites (N-methyl/N-ethyl adjacent to an activating group) is 1. The van der Waals surface area contributed by atoms with E-state index in [-0.39, 0.29) is 61.8 Å². The van der Waals surface area contributed by atoms with Gasteiger partial charge in [-0.3, -0.25) is 14.4 Å². The van der Waals surface area contributed by atoms with E-state index in [0.717, 1.165) is 42.6 Å². The number of halogens is 1. The molecule has 0 unspecified atom stereocenters. The quantitative estimate of drug-likeness (QED) is 0.0307. The molecular formula is C54H75FN4O5. The van der Waals surface area contributed by atoms with Gasteiger partial charge in [0.25, 0.3) is 5.91 Å². The molecule has 1 aromatic heterocycles. The van der Waals surface area contributed by atoms with E-state index in [0.29, 0.717) is 35.3 Å². The van der Waals surface area contributed by atoms with Crippen LogP contribution in [0.2, 0.25) is 0 Å². The smallest absolute Gasteiger partial charge is 0.258 e. The van der Waals surface area contributed by atoms with Crippen molar-refractivity contribution >= 4 is 23.4 Å². The second-order valence-electron chi connectivity index (χ2n) is 17.5. The van der Waals surface area contributed by atoms with Crippen molar-refractivity contribution in [3.8, 4) is 22.4 Å². The Morgan fingerprint density at radius 3 is 1.97 bits per heavy atom. The van der Waals surface area contributed by atoms with Gasteiger partial charge in [-0.1, -0.05) is 133 Å². The maximum atomic E-state index is 14.3. The molecule has 4 aromatic rings. The predicted molar refractivity (Wildman–Crippen MR) is 260 cm³/mol. The van der Waals surface area contributed by atoms with E-state index in [1.54, 1.807) is 24.1 Å². The van der Waals surface area contributed by atoms with Gasteiger partial charge in [0, 0.05) is 50.0 Å². The van der Waals surface area contributed by atoms with E-state index in [1.807, 2.05) is 79.1 Å². The molecule has 0 aliphatic carbocycles. The van der Waals surface area contributed by atoms with Gasteiger partial charge in [0.2, 0.25) is 11.8 Å². The van der Waals surface area contributed by atoms with Crippen LogP contribution in [0.4, 0.5) is 10.1 Å². The molecule has 64 heavy (non-hydrogen) atoms. The molecule has 2 atom stereocenters. The number of aliphatic hydroxyl groups is 2. The Kier molecular flexibility index (Phi) is 23.1. The number of unbranched alkanes of at least 4 members (excludes halogenated alkanes) is 11. The third-order valence-electron chi connectivity index (χ3n) is 11.8. The summed E-state index contributed by atoms with van der Waals surface area (Å²) in [5.41, 5.74) is 4.85. The van der Waals surface area contributed by atoms with Crippen molar-refractivity contribution < 1.29 is 29.0 Å². The number of aromatic nitrogens is 1. The summed E-state index contributed by atoms with van der Waals surface area (Å²) in [4.78, 5) is 41.4. The van der Waals surface area contributed by atoms with Crippen LogP contribution in [-0.2, 0) is 16.1 Å². The van der Waals surface area contributed by atoms with Crippen LogP contribution >= 0.6 is 0 Å². The van der Waals surface area contributed by atoms with Gasteiger partial charge in [0.15, 0.2) is 0 Å². The lowest BCUT2D eigenvalue weighted by atomic mass is 9.94. The molecule has 0 bridgehead atoms. The minimum Gasteiger partial charge on any atom is -0.393 e. The number of rotatable bonds is 30. The van der Waals surface area contributed by atoms with E-state index in [9.17, 15) is 29.0 Å². The predicted octanol–water partition coefficient (Wildman–Crippen LogP) is 11.8. The van der Waals surface area contributed by atoms with Crippen molar-refractivity contribution in [1.29, 1.82) is 0 Å². The summed E-state index contributed by atoms with van der Waals surface area (Å²) in [6, 6.07) is 25.1. The number of hydrogen-bond donors (Lipinski definition) is 4. The van der Waals surface area contributed by atoms with Gasteiger partial charge in [0.1, 0.15) is 5.82 Å². The van der Waals surface area contributed by atoms with Gasteiger partial charge in [-0.15, -0.1) is 0 Å². The van der Waals surface area contributed by atoms with E-state index in [1.165, 1.54) is 69.9 Å². The SMILES string of the molecule is CCCCCCCC/C=C\CCCCCCCC(=O)N(C)CCNC(=O)C[C@H](O)C[C@H](O)CCn1c(-c2ccc(F)cc2)c(-c2ccccc2)c(C(=O)Nc2ccccc2)c1C(C)C. The molecule has 0 aliphatic rings. The fourth-order valence-electron chi connectivity index (χ4n) is 8.31. The number of hydrogen-bond acceptors (Lipinski definition) is 5. The fourth-order valence-corrected chi connectivity index (χ4v) is 8.31. The molecule has 4 rings (SSSR count). The number of amides is 3. The molecule has 0 spiro atoms. The maximum absolute atomic E-state index is 14.3. The Balaban J connectivity index is 1.26. The Labute approximate surface area is 382 Å². The van der Waals surface area contributed by atoms with E-state index in [2.05, 4.69) is 29.7 Å². The molecule has 0 saturated carbocycles. The van der Waals surface area contributed by atoms with Gasteiger partial charge in [-0.25, -0.2) is 4.39 Å². The zero-order valence-corrected chi connectivity index (χ0v) is 39.0. The number of benzene rings is 3. The standard InChI is InChI=1S/C54H75FN4O5/c1-5-6-7-8-9-10-11-12-13-14-15-16-17-18-25-30-49(63)58(4)38-36-56-48(62)40-47(61)39-46(60)35-37-59-52(41(2)3)51(54(64)57-45-28-23-20-24-29-45)50(42-26-21-19-22-27-42)53(59)43-31-33-44(55)34-32-43/h12-13,19-24,26-29,31-34,41,46-47,60-61H,5-11,14-18,25,30,35-40H2,1-4H3,(H,56,62)(H,57,64)/b13-12-/t46-,47-/m1/s1. The van der Waals surface area contributed by atoms with Crippen molar-refractivity contribution in [3.05, 3.63) is 114 Å². The number of carbonyl (C=O) groups excluding carboxylic acids is 3. The average molecular weight is 879 g/mol. The molecule has 3 amide bonds. The minimum absolute atomic E-state index is 0.0289. The molecule has 0 saturated heterocycles. The molecule has 0 aliphatic heterocycles. The number of allylic oxidation sites excluding steroid dienone is 2. The molecule has 348 valence electrons. The van der Waals surface area contributed by atoms with Crippen LogP contribution in [0.25, 0.3) is 22.4 Å². The molecule has 4 N–H and O–H groups in total. The fraction of sp³-hybridized carbons (Fsp3) is 0.500. The number of anilines is 1. The lowest BCUT2D eigenvalue weighted by molar-refractivity contribution is -0.130. The summed E-state index contributed by atoms with van der Waals surface area (Å²) >= 11 is 0. The Hall–Kier alpha value is -5.06. The van der Waals surface area contributed by atoms with Crippen LogP contribution in [0.15, 0.2) is 97.1 Å². The number of nitrogens with zero attached hydrogens (tertiary/aromatic N) is 2. The highest BCUT2D eigenvalue weighted by atomic mass is 19.1. The highest BCUT2D eigenvalue weighted by molar-refractivity contribution is 6.12. The van der Waals surface area contributed by atoms with Crippen LogP contribution in [-0.4, -0.2) is 69.7 Å². The van der Waals surface area contributed by atoms with E-state index in [4.69, 9.17) is 0 Å². The minimum atomic E-state index is -1.09. The van der Waals surface area contributed by atoms with Crippen molar-refractivity contribution in [2.45, 2.75) is 155 Å². The van der Waals surface area contributed by atoms with E-state index < -0.39 is 12.2 Å². The Morgan fingerprint density at radius 1 is 0.750 bits per heavy atom. The monoisotopic (exact) mass is 879 g/mol. The van der Waals surface area contributed by atoms with Crippen molar-refractivity contribution in [2.75, 3.05) is 25.5 Å². The number of aliphatic hydroxyl groups excluding tert-OH is 2. The van der Waals surface area contributed by atoms with Crippen molar-refractivity contribution in [3.63, 3.8) is 0 Å². The molecular weight excluding hydrogens is 804 g/mol. The van der Waals surface area contributed by atoms with Gasteiger partial charge in [-0.05, 0) is 98.4 Å². The summed E-state index contributed by atoms with van der Waals surface area (Å²) < 4.78 is 16.3. The molecule has 3 aromatic carbocycles. The normalized spacial score (nSPS) is 12.4. The molecule has 1 heterocycles. The second-order valence-corrected chi connectivity index (χ2v) is 17.5. The van der Waals surface area contributed by atoms with Crippen LogP contribution in [0.5, 0.6) is 0 Å². The van der Waals surface area contributed by atoms with Crippen LogP contribution in [0.3, 0.4) is 0 Å². The number of carbonyl (C=O) groups is 3. The first-order valence-electron chi connectivity index (χ1n) is 24.0. The third-order valence-corrected chi connectivity index (χ3v) is 11.8. The zero-order chi connectivity index (χ0) is 46.1. The summed E-state index contributed by atoms with van der Waals surface area (Å²) in [6.07, 6.45) is 18.8. The topological polar surface area (TPSA) is 124 Å². The summed E-state index contributed by atoms with van der Waals surface area (Å²) in [5, 5.41) is 28.0. The van der Waals surface area contributed by atoms with Gasteiger partial charge < -0.3 is 30.3 Å². The summed E-state index contributed by atoms with van der Waals surface area (Å²) in [6.45, 7) is 7.21. The second kappa shape index (κ2) is 28.7. The van der Waals surface area contributed by atoms with Crippen molar-refractivity contribution in [2.24, 2.45) is 0 Å². The van der Waals surface area contributed by atoms with Crippen LogP contribution in [0, 0.1) is 5.82 Å². The van der Waals surface area contributed by atoms with Crippen LogP contribution in [0.1, 0.15) is 152 Å². The highest BCUT2D eigenvalue weighted by Gasteiger charge is 2.31.